The van der Waals surface area contributed by atoms with Crippen LogP contribution in [0.25, 0.3) is 0 Å². The van der Waals surface area contributed by atoms with E-state index in [0.29, 0.717) is 0 Å². The van der Waals surface area contributed by atoms with Crippen molar-refractivity contribution in [1.29, 1.82) is 0 Å². The third-order valence-electron chi connectivity index (χ3n) is 4.62. The monoisotopic (exact) mass is 716 g/mol. The predicted molar refractivity (Wildman–Crippen MR) is 105 cm³/mol. The van der Waals surface area contributed by atoms with Gasteiger partial charge in [0, 0.05) is 12.5 Å². The molecule has 3 atom stereocenters. The van der Waals surface area contributed by atoms with Gasteiger partial charge in [-0.2, -0.15) is 74.6 Å². The molecular weight excluding hydrogens is 697 g/mol. The Balaban J connectivity index is 5.46. The summed E-state index contributed by atoms with van der Waals surface area (Å²) in [6.45, 7) is -5.07. The molecule has 0 fully saturated rings. The lowest BCUT2D eigenvalue weighted by Crippen LogP contribution is -2.56. The lowest BCUT2D eigenvalue weighted by molar-refractivity contribution is -0.451. The first-order valence-electron chi connectivity index (χ1n) is 11.0. The number of esters is 1. The Labute approximate surface area is 238 Å². The molecule has 0 radical (unpaired) electrons. The van der Waals surface area contributed by atoms with Gasteiger partial charge in [0.25, 0.3) is 12.7 Å². The maximum atomic E-state index is 13.8. The van der Waals surface area contributed by atoms with Gasteiger partial charge in [0.2, 0.25) is 0 Å². The number of hydrogen-bond donors (Lipinski definition) is 0. The summed E-state index contributed by atoms with van der Waals surface area (Å²) in [4.78, 5) is 11.6. The molecule has 0 amide bonds. The summed E-state index contributed by atoms with van der Waals surface area (Å²) in [7, 11) is 0. The van der Waals surface area contributed by atoms with E-state index in [-0.39, 0.29) is 0 Å². The molecule has 3 unspecified atom stereocenters. The van der Waals surface area contributed by atoms with Crippen molar-refractivity contribution in [2.24, 2.45) is 0 Å². The van der Waals surface area contributed by atoms with Gasteiger partial charge in [0.05, 0.1) is 13.2 Å². The van der Waals surface area contributed by atoms with Crippen LogP contribution >= 0.6 is 0 Å². The topological polar surface area (TPSA) is 63.2 Å². The summed E-state index contributed by atoms with van der Waals surface area (Å²) < 4.78 is 265. The van der Waals surface area contributed by atoms with Crippen molar-refractivity contribution in [2.75, 3.05) is 26.4 Å². The molecule has 0 saturated heterocycles. The molecule has 0 aliphatic rings. The summed E-state index contributed by atoms with van der Waals surface area (Å²) in [5, 5.41) is 0. The number of halogens is 19. The highest BCUT2D eigenvalue weighted by Gasteiger charge is 2.76. The third kappa shape index (κ3) is 10.9. The number of ether oxygens (including phenoxy) is 5. The second-order valence-electron chi connectivity index (χ2n) is 8.80. The van der Waals surface area contributed by atoms with Gasteiger partial charge < -0.3 is 14.2 Å². The van der Waals surface area contributed by atoms with Crippen LogP contribution in [0.15, 0.2) is 12.2 Å². The molecule has 0 aromatic carbocycles. The van der Waals surface area contributed by atoms with Gasteiger partial charge in [-0.15, -0.1) is 0 Å². The number of hydrogen-bond acceptors (Lipinski definition) is 6. The van der Waals surface area contributed by atoms with Gasteiger partial charge in [-0.25, -0.2) is 13.6 Å². The largest absolute Gasteiger partial charge is 0.462 e. The molecule has 0 saturated carbocycles. The molecule has 45 heavy (non-hydrogen) atoms. The number of rotatable bonds is 19. The van der Waals surface area contributed by atoms with Crippen molar-refractivity contribution in [2.45, 2.75) is 80.7 Å². The van der Waals surface area contributed by atoms with Crippen molar-refractivity contribution < 1.29 is 112 Å². The fraction of sp³-hybridized carbons (Fsp3) is 0.850. The molecule has 0 spiro atoms. The fourth-order valence-corrected chi connectivity index (χ4v) is 2.15. The molecule has 268 valence electrons. The molecule has 0 rings (SSSR count). The first kappa shape index (κ1) is 42.7. The average molecular weight is 716 g/mol. The van der Waals surface area contributed by atoms with E-state index in [1.54, 1.807) is 0 Å². The third-order valence-corrected chi connectivity index (χ3v) is 4.62. The van der Waals surface area contributed by atoms with E-state index in [9.17, 15) is 88.2 Å². The van der Waals surface area contributed by atoms with Crippen molar-refractivity contribution >= 4 is 5.97 Å². The zero-order valence-electron chi connectivity index (χ0n) is 21.9. The van der Waals surface area contributed by atoms with Gasteiger partial charge in [-0.3, -0.25) is 9.47 Å². The molecule has 0 bridgehead atoms. The summed E-state index contributed by atoms with van der Waals surface area (Å²) in [6, 6.07) is 0. The minimum atomic E-state index is -7.18. The van der Waals surface area contributed by atoms with Crippen molar-refractivity contribution in [1.82, 2.24) is 0 Å². The van der Waals surface area contributed by atoms with Crippen LogP contribution in [0.3, 0.4) is 0 Å². The van der Waals surface area contributed by atoms with Gasteiger partial charge >= 0.3 is 54.0 Å². The zero-order chi connectivity index (χ0) is 36.3. The summed E-state index contributed by atoms with van der Waals surface area (Å²) in [6.07, 6.45) is -32.6. The second kappa shape index (κ2) is 14.2. The van der Waals surface area contributed by atoms with E-state index in [2.05, 4.69) is 30.3 Å². The van der Waals surface area contributed by atoms with Crippen molar-refractivity contribution in [3.05, 3.63) is 12.2 Å². The van der Waals surface area contributed by atoms with E-state index in [0.717, 1.165) is 6.92 Å². The Morgan fingerprint density at radius 3 is 1.27 bits per heavy atom. The van der Waals surface area contributed by atoms with Gasteiger partial charge in [-0.1, -0.05) is 6.58 Å². The van der Waals surface area contributed by atoms with Crippen molar-refractivity contribution in [3.8, 4) is 0 Å². The normalized spacial score (nSPS) is 16.7. The average Bonchev–Trinajstić information content (AvgIpc) is 2.81. The highest BCUT2D eigenvalue weighted by Crippen LogP contribution is 2.49. The Hall–Kier alpha value is -2.28. The molecule has 0 aliphatic carbocycles. The quantitative estimate of drug-likeness (QED) is 0.0810. The fourth-order valence-electron chi connectivity index (χ4n) is 2.15. The van der Waals surface area contributed by atoms with Crippen LogP contribution in [0.4, 0.5) is 83.4 Å². The van der Waals surface area contributed by atoms with Gasteiger partial charge in [0.15, 0.2) is 0 Å². The van der Waals surface area contributed by atoms with Gasteiger partial charge in [-0.05, 0) is 6.92 Å². The molecule has 0 aromatic heterocycles. The van der Waals surface area contributed by atoms with Gasteiger partial charge in [0.1, 0.15) is 19.3 Å². The molecule has 0 aromatic rings. The standard InChI is InChI=1S/C20H19F19O6/c1-8(2)10(40)43-9(4-41-6-14(25,26)11(21)44-19(36,37)16(29,30)13(3,23)24)5-42-7-15(27,28)12(22)45-20(38,39)17(31,32)18(33,34)35/h9,11-12H,1,4-7H2,2-3H3. The lowest BCUT2D eigenvalue weighted by Gasteiger charge is -2.32. The maximum absolute atomic E-state index is 13.8. The molecule has 6 nitrogen and oxygen atoms in total. The minimum absolute atomic E-state index is 0.534. The molecule has 0 aliphatic heterocycles. The van der Waals surface area contributed by atoms with E-state index in [4.69, 9.17) is 0 Å². The Kier molecular flexibility index (Phi) is 13.5. The minimum Gasteiger partial charge on any atom is -0.454 e. The smallest absolute Gasteiger partial charge is 0.454 e. The van der Waals surface area contributed by atoms with E-state index in [1.165, 1.54) is 0 Å². The van der Waals surface area contributed by atoms with Crippen LogP contribution in [0.5, 0.6) is 0 Å². The Bertz CT molecular complexity index is 930. The molecule has 0 N–H and O–H groups in total. The van der Waals surface area contributed by atoms with Crippen molar-refractivity contribution in [3.63, 3.8) is 0 Å². The highest BCUT2D eigenvalue weighted by atomic mass is 19.4. The second-order valence-corrected chi connectivity index (χ2v) is 8.80. The number of alkyl halides is 19. The molecular formula is C20H19F19O6. The van der Waals surface area contributed by atoms with Crippen LogP contribution in [-0.4, -0.2) is 99.2 Å². The van der Waals surface area contributed by atoms with E-state index in [1.807, 2.05) is 0 Å². The predicted octanol–water partition coefficient (Wildman–Crippen LogP) is 7.08. The molecule has 0 heterocycles. The first-order valence-corrected chi connectivity index (χ1v) is 11.0. The number of carbonyl (C=O) groups excluding carboxylic acids is 1. The van der Waals surface area contributed by atoms with Crippen LogP contribution in [0.2, 0.25) is 0 Å². The summed E-state index contributed by atoms with van der Waals surface area (Å²) >= 11 is 0. The van der Waals surface area contributed by atoms with Crippen LogP contribution < -0.4 is 0 Å². The summed E-state index contributed by atoms with van der Waals surface area (Å²) in [5.74, 6) is -31.7. The SMILES string of the molecule is C=C(C)C(=O)OC(COCC(F)(F)C(F)OC(F)(F)C(F)(F)C(C)(F)F)COCC(F)(F)C(F)OC(F)(F)C(F)(F)C(F)(F)F. The Morgan fingerprint density at radius 2 is 0.978 bits per heavy atom. The lowest BCUT2D eigenvalue weighted by atomic mass is 10.2. The highest BCUT2D eigenvalue weighted by molar-refractivity contribution is 5.87. The van der Waals surface area contributed by atoms with Crippen LogP contribution in [0, 0.1) is 0 Å². The van der Waals surface area contributed by atoms with Crippen LogP contribution in [0.1, 0.15) is 13.8 Å². The summed E-state index contributed by atoms with van der Waals surface area (Å²) in [5.41, 5.74) is -0.534. The number of carbonyl (C=O) groups is 1. The Morgan fingerprint density at radius 1 is 0.644 bits per heavy atom. The zero-order valence-corrected chi connectivity index (χ0v) is 21.9. The first-order chi connectivity index (χ1) is 19.7. The van der Waals surface area contributed by atoms with Crippen LogP contribution in [-0.2, 0) is 28.5 Å². The van der Waals surface area contributed by atoms with E-state index < -0.39 is 112 Å². The van der Waals surface area contributed by atoms with E-state index >= 15 is 0 Å². The maximum Gasteiger partial charge on any atom is 0.462 e. The molecule has 25 heteroatoms.